The van der Waals surface area contributed by atoms with Crippen LogP contribution in [0, 0.1) is 6.92 Å². The van der Waals surface area contributed by atoms with Gasteiger partial charge in [0.2, 0.25) is 0 Å². The van der Waals surface area contributed by atoms with E-state index in [0.29, 0.717) is 30.3 Å². The molecule has 8 heteroatoms. The minimum atomic E-state index is -0.150. The molecule has 1 unspecified atom stereocenters. The summed E-state index contributed by atoms with van der Waals surface area (Å²) < 4.78 is 12.5. The molecule has 0 bridgehead atoms. The van der Waals surface area contributed by atoms with Crippen LogP contribution in [0.15, 0.2) is 54.7 Å². The molecule has 1 aromatic heterocycles. The van der Waals surface area contributed by atoms with Gasteiger partial charge in [0.25, 0.3) is 5.91 Å². The van der Waals surface area contributed by atoms with E-state index in [2.05, 4.69) is 15.3 Å². The molecule has 0 aliphatic carbocycles. The van der Waals surface area contributed by atoms with Crippen molar-refractivity contribution in [3.8, 4) is 11.4 Å². The standard InChI is InChI=1S/C24H27ClN4O3/c1-17-22(15-27-29(17)20-5-3-4-19(25)14-20)24(30)26-16-23(28-10-12-32-13-11-28)18-6-8-21(31-2)9-7-18/h3-9,14-15,23H,10-13,16H2,1-2H3,(H,26,30). The Morgan fingerprint density at radius 1 is 1.22 bits per heavy atom. The van der Waals surface area contributed by atoms with Gasteiger partial charge in [0.1, 0.15) is 5.75 Å². The largest absolute Gasteiger partial charge is 0.497 e. The summed E-state index contributed by atoms with van der Waals surface area (Å²) in [6, 6.07) is 15.4. The van der Waals surface area contributed by atoms with E-state index in [9.17, 15) is 4.79 Å². The first-order valence-corrected chi connectivity index (χ1v) is 11.0. The first kappa shape index (κ1) is 22.3. The second-order valence-corrected chi connectivity index (χ2v) is 8.12. The lowest BCUT2D eigenvalue weighted by Gasteiger charge is -2.35. The van der Waals surface area contributed by atoms with Gasteiger partial charge in [0.05, 0.1) is 49.5 Å². The summed E-state index contributed by atoms with van der Waals surface area (Å²) in [6.45, 7) is 5.37. The zero-order valence-electron chi connectivity index (χ0n) is 18.3. The monoisotopic (exact) mass is 454 g/mol. The molecular formula is C24H27ClN4O3. The average molecular weight is 455 g/mol. The highest BCUT2D eigenvalue weighted by Gasteiger charge is 2.24. The van der Waals surface area contributed by atoms with Gasteiger partial charge in [-0.05, 0) is 42.8 Å². The Bertz CT molecular complexity index is 1060. The van der Waals surface area contributed by atoms with Gasteiger partial charge < -0.3 is 14.8 Å². The Morgan fingerprint density at radius 2 is 1.97 bits per heavy atom. The van der Waals surface area contributed by atoms with Gasteiger partial charge in [0.15, 0.2) is 0 Å². The zero-order valence-corrected chi connectivity index (χ0v) is 19.0. The van der Waals surface area contributed by atoms with E-state index in [1.165, 1.54) is 0 Å². The normalized spacial score (nSPS) is 15.3. The maximum atomic E-state index is 13.0. The second-order valence-electron chi connectivity index (χ2n) is 7.68. The number of ether oxygens (including phenoxy) is 2. The molecule has 1 amide bonds. The molecule has 7 nitrogen and oxygen atoms in total. The van der Waals surface area contributed by atoms with Gasteiger partial charge in [-0.15, -0.1) is 0 Å². The van der Waals surface area contributed by atoms with Crippen molar-refractivity contribution in [1.82, 2.24) is 20.0 Å². The van der Waals surface area contributed by atoms with Gasteiger partial charge in [-0.25, -0.2) is 4.68 Å². The van der Waals surface area contributed by atoms with Crippen LogP contribution in [0.4, 0.5) is 0 Å². The van der Waals surface area contributed by atoms with Crippen LogP contribution in [-0.4, -0.2) is 60.5 Å². The van der Waals surface area contributed by atoms with Gasteiger partial charge >= 0.3 is 0 Å². The van der Waals surface area contributed by atoms with Crippen LogP contribution in [0.2, 0.25) is 5.02 Å². The summed E-state index contributed by atoms with van der Waals surface area (Å²) in [6.07, 6.45) is 1.60. The number of nitrogens with one attached hydrogen (secondary N) is 1. The smallest absolute Gasteiger partial charge is 0.254 e. The van der Waals surface area contributed by atoms with Crippen LogP contribution in [0.3, 0.4) is 0 Å². The second kappa shape index (κ2) is 10.2. The SMILES string of the molecule is COc1ccc(C(CNC(=O)c2cnn(-c3cccc(Cl)c3)c2C)N2CCOCC2)cc1. The molecule has 2 heterocycles. The topological polar surface area (TPSA) is 68.6 Å². The van der Waals surface area contributed by atoms with E-state index in [1.807, 2.05) is 55.5 Å². The van der Waals surface area contributed by atoms with Gasteiger partial charge in [0, 0.05) is 24.7 Å². The number of carbonyl (C=O) groups excluding carboxylic acids is 1. The summed E-state index contributed by atoms with van der Waals surface area (Å²) in [5, 5.41) is 8.13. The number of nitrogens with zero attached hydrogens (tertiary/aromatic N) is 3. The molecule has 0 saturated carbocycles. The van der Waals surface area contributed by atoms with Crippen molar-refractivity contribution in [3.63, 3.8) is 0 Å². The van der Waals surface area contributed by atoms with E-state index in [1.54, 1.807) is 18.0 Å². The minimum absolute atomic E-state index is 0.0389. The number of morpholine rings is 1. The Hall–Kier alpha value is -2.87. The molecule has 1 saturated heterocycles. The van der Waals surface area contributed by atoms with E-state index in [-0.39, 0.29) is 11.9 Å². The van der Waals surface area contributed by atoms with E-state index in [4.69, 9.17) is 21.1 Å². The lowest BCUT2D eigenvalue weighted by atomic mass is 10.0. The van der Waals surface area contributed by atoms with E-state index in [0.717, 1.165) is 35.8 Å². The number of hydrogen-bond donors (Lipinski definition) is 1. The summed E-state index contributed by atoms with van der Waals surface area (Å²) in [5.74, 6) is 0.658. The number of hydrogen-bond acceptors (Lipinski definition) is 5. The van der Waals surface area contributed by atoms with Gasteiger partial charge in [-0.2, -0.15) is 5.10 Å². The first-order chi connectivity index (χ1) is 15.6. The van der Waals surface area contributed by atoms with Crippen molar-refractivity contribution in [2.45, 2.75) is 13.0 Å². The molecule has 3 aromatic rings. The van der Waals surface area contributed by atoms with Crippen molar-refractivity contribution >= 4 is 17.5 Å². The third kappa shape index (κ3) is 4.96. The van der Waals surface area contributed by atoms with E-state index < -0.39 is 0 Å². The van der Waals surface area contributed by atoms with Crippen molar-refractivity contribution < 1.29 is 14.3 Å². The molecular weight excluding hydrogens is 428 g/mol. The highest BCUT2D eigenvalue weighted by atomic mass is 35.5. The van der Waals surface area contributed by atoms with Crippen molar-refractivity contribution in [2.75, 3.05) is 40.0 Å². The summed E-state index contributed by atoms with van der Waals surface area (Å²) in [5.41, 5.74) is 3.25. The maximum Gasteiger partial charge on any atom is 0.254 e. The minimum Gasteiger partial charge on any atom is -0.497 e. The van der Waals surface area contributed by atoms with Crippen LogP contribution in [0.1, 0.15) is 27.7 Å². The Kier molecular flexibility index (Phi) is 7.09. The van der Waals surface area contributed by atoms with Gasteiger partial charge in [-0.3, -0.25) is 9.69 Å². The third-order valence-electron chi connectivity index (χ3n) is 5.75. The van der Waals surface area contributed by atoms with Crippen LogP contribution in [-0.2, 0) is 4.74 Å². The van der Waals surface area contributed by atoms with Crippen LogP contribution < -0.4 is 10.1 Å². The number of rotatable bonds is 7. The molecule has 0 spiro atoms. The molecule has 2 aromatic carbocycles. The highest BCUT2D eigenvalue weighted by molar-refractivity contribution is 6.30. The fourth-order valence-corrected chi connectivity index (χ4v) is 4.14. The lowest BCUT2D eigenvalue weighted by molar-refractivity contribution is 0.0162. The predicted molar refractivity (Wildman–Crippen MR) is 124 cm³/mol. The molecule has 168 valence electrons. The number of amides is 1. The molecule has 32 heavy (non-hydrogen) atoms. The average Bonchev–Trinajstić information content (AvgIpc) is 3.21. The maximum absolute atomic E-state index is 13.0. The third-order valence-corrected chi connectivity index (χ3v) is 5.99. The first-order valence-electron chi connectivity index (χ1n) is 10.6. The number of carbonyl (C=O) groups is 1. The lowest BCUT2D eigenvalue weighted by Crippen LogP contribution is -2.43. The van der Waals surface area contributed by atoms with Gasteiger partial charge in [-0.1, -0.05) is 29.8 Å². The number of benzene rings is 2. The summed E-state index contributed by atoms with van der Waals surface area (Å²) in [4.78, 5) is 15.4. The highest BCUT2D eigenvalue weighted by Crippen LogP contribution is 2.24. The van der Waals surface area contributed by atoms with Crippen LogP contribution >= 0.6 is 11.6 Å². The zero-order chi connectivity index (χ0) is 22.5. The Morgan fingerprint density at radius 3 is 2.66 bits per heavy atom. The number of aromatic nitrogens is 2. The number of halogens is 1. The fraction of sp³-hybridized carbons (Fsp3) is 0.333. The van der Waals surface area contributed by atoms with Crippen LogP contribution in [0.25, 0.3) is 5.69 Å². The number of methoxy groups -OCH3 is 1. The van der Waals surface area contributed by atoms with Crippen molar-refractivity contribution in [1.29, 1.82) is 0 Å². The summed E-state index contributed by atoms with van der Waals surface area (Å²) in [7, 11) is 1.65. The van der Waals surface area contributed by atoms with E-state index >= 15 is 0 Å². The molecule has 1 N–H and O–H groups in total. The van der Waals surface area contributed by atoms with Crippen LogP contribution in [0.5, 0.6) is 5.75 Å². The molecule has 4 rings (SSSR count). The quantitative estimate of drug-likeness (QED) is 0.590. The molecule has 1 fully saturated rings. The molecule has 1 aliphatic heterocycles. The Balaban J connectivity index is 1.50. The fourth-order valence-electron chi connectivity index (χ4n) is 3.96. The predicted octanol–water partition coefficient (Wildman–Crippen LogP) is 3.65. The van der Waals surface area contributed by atoms with Crippen molar-refractivity contribution in [3.05, 3.63) is 76.6 Å². The Labute approximate surface area is 192 Å². The molecule has 1 atom stereocenters. The molecule has 0 radical (unpaired) electrons. The summed E-state index contributed by atoms with van der Waals surface area (Å²) >= 11 is 6.11. The van der Waals surface area contributed by atoms with Crippen molar-refractivity contribution in [2.24, 2.45) is 0 Å². The molecule has 1 aliphatic rings.